The van der Waals surface area contributed by atoms with Crippen LogP contribution in [0.25, 0.3) is 21.8 Å². The number of hydrogen-bond donors (Lipinski definition) is 0. The molecule has 2 heterocycles. The molecule has 0 fully saturated rings. The van der Waals surface area contributed by atoms with Crippen molar-refractivity contribution < 1.29 is 4.79 Å². The Balaban J connectivity index is 1.51. The third-order valence-electron chi connectivity index (χ3n) is 5.72. The van der Waals surface area contributed by atoms with Gasteiger partial charge in [0.25, 0.3) is 5.91 Å². The smallest absolute Gasteiger partial charge is 0.259 e. The average Bonchev–Trinajstić information content (AvgIpc) is 2.98. The first-order valence-electron chi connectivity index (χ1n) is 10.5. The number of carbonyl (C=O) groups is 1. The lowest BCUT2D eigenvalue weighted by atomic mass is 10.0. The molecule has 4 rings (SSSR count). The van der Waals surface area contributed by atoms with E-state index >= 15 is 0 Å². The Morgan fingerprint density at radius 1 is 0.929 bits per heavy atom. The molecule has 3 aromatic rings. The Morgan fingerprint density at radius 3 is 2.46 bits per heavy atom. The van der Waals surface area contributed by atoms with Crippen LogP contribution in [0.15, 0.2) is 36.4 Å². The highest BCUT2D eigenvalue weighted by Crippen LogP contribution is 2.40. The molecule has 1 amide bonds. The molecule has 0 radical (unpaired) electrons. The van der Waals surface area contributed by atoms with Crippen molar-refractivity contribution in [3.63, 3.8) is 0 Å². The van der Waals surface area contributed by atoms with Gasteiger partial charge < -0.3 is 4.90 Å². The summed E-state index contributed by atoms with van der Waals surface area (Å²) >= 11 is 6.21. The number of amides is 1. The number of fused-ring (bicyclic) bond motifs is 2. The van der Waals surface area contributed by atoms with Crippen molar-refractivity contribution in [2.75, 3.05) is 11.4 Å². The van der Waals surface area contributed by atoms with Crippen LogP contribution in [0.1, 0.15) is 68.6 Å². The van der Waals surface area contributed by atoms with Crippen LogP contribution < -0.4 is 4.90 Å². The molecule has 1 aliphatic heterocycles. The van der Waals surface area contributed by atoms with Crippen molar-refractivity contribution in [2.24, 2.45) is 0 Å². The molecular formula is C24H27ClN2O. The molecule has 0 saturated heterocycles. The maximum absolute atomic E-state index is 13.3. The van der Waals surface area contributed by atoms with Gasteiger partial charge in [0.05, 0.1) is 22.3 Å². The van der Waals surface area contributed by atoms with E-state index in [-0.39, 0.29) is 5.91 Å². The monoisotopic (exact) mass is 394 g/mol. The van der Waals surface area contributed by atoms with Crippen LogP contribution in [0.2, 0.25) is 5.02 Å². The Morgan fingerprint density at radius 2 is 1.68 bits per heavy atom. The maximum atomic E-state index is 13.3. The first-order chi connectivity index (χ1) is 13.7. The second-order valence-corrected chi connectivity index (χ2v) is 8.19. The Labute approximate surface area is 171 Å². The van der Waals surface area contributed by atoms with Crippen molar-refractivity contribution in [2.45, 2.75) is 58.3 Å². The average molecular weight is 395 g/mol. The molecular weight excluding hydrogens is 368 g/mol. The molecule has 0 unspecified atom stereocenters. The van der Waals surface area contributed by atoms with Gasteiger partial charge in [0.2, 0.25) is 0 Å². The van der Waals surface area contributed by atoms with E-state index in [2.05, 4.69) is 6.92 Å². The molecule has 0 bridgehead atoms. The van der Waals surface area contributed by atoms with Crippen molar-refractivity contribution in [1.82, 2.24) is 4.98 Å². The summed E-state index contributed by atoms with van der Waals surface area (Å²) in [5.74, 6) is 0.0869. The summed E-state index contributed by atoms with van der Waals surface area (Å²) in [7, 11) is 0. The van der Waals surface area contributed by atoms with E-state index in [0.717, 1.165) is 46.0 Å². The summed E-state index contributed by atoms with van der Waals surface area (Å²) in [6.07, 6.45) is 10.1. The van der Waals surface area contributed by atoms with E-state index < -0.39 is 0 Å². The van der Waals surface area contributed by atoms with Crippen LogP contribution in [-0.4, -0.2) is 17.4 Å². The molecule has 3 nitrogen and oxygen atoms in total. The van der Waals surface area contributed by atoms with Gasteiger partial charge in [0.15, 0.2) is 0 Å². The topological polar surface area (TPSA) is 33.2 Å². The van der Waals surface area contributed by atoms with Gasteiger partial charge in [-0.15, -0.1) is 0 Å². The lowest BCUT2D eigenvalue weighted by molar-refractivity contribution is 0.0994. The van der Waals surface area contributed by atoms with Crippen LogP contribution in [-0.2, 0) is 0 Å². The highest BCUT2D eigenvalue weighted by Gasteiger charge is 2.31. The maximum Gasteiger partial charge on any atom is 0.259 e. The molecule has 0 aliphatic carbocycles. The van der Waals surface area contributed by atoms with E-state index in [1.165, 1.54) is 44.9 Å². The molecule has 146 valence electrons. The molecule has 4 heteroatoms. The molecule has 0 atom stereocenters. The number of hydrogen-bond acceptors (Lipinski definition) is 2. The largest absolute Gasteiger partial charge is 0.308 e. The van der Waals surface area contributed by atoms with E-state index in [4.69, 9.17) is 16.6 Å². The summed E-state index contributed by atoms with van der Waals surface area (Å²) in [5, 5.41) is 2.47. The van der Waals surface area contributed by atoms with E-state index in [1.54, 1.807) is 0 Å². The number of halogens is 1. The van der Waals surface area contributed by atoms with Crippen LogP contribution in [0.5, 0.6) is 0 Å². The molecule has 1 aromatic heterocycles. The first-order valence-corrected chi connectivity index (χ1v) is 10.9. The fourth-order valence-electron chi connectivity index (χ4n) is 4.27. The fraction of sp³-hybridized carbons (Fsp3) is 0.417. The molecule has 0 N–H and O–H groups in total. The van der Waals surface area contributed by atoms with Gasteiger partial charge in [0.1, 0.15) is 0 Å². The zero-order valence-electron chi connectivity index (χ0n) is 16.5. The highest BCUT2D eigenvalue weighted by molar-refractivity contribution is 6.33. The van der Waals surface area contributed by atoms with Gasteiger partial charge in [-0.05, 0) is 36.8 Å². The second-order valence-electron chi connectivity index (χ2n) is 7.75. The predicted molar refractivity (Wildman–Crippen MR) is 119 cm³/mol. The van der Waals surface area contributed by atoms with Gasteiger partial charge in [0, 0.05) is 22.3 Å². The Hall–Kier alpha value is -2.13. The van der Waals surface area contributed by atoms with Gasteiger partial charge in [-0.25, -0.2) is 4.98 Å². The van der Waals surface area contributed by atoms with Gasteiger partial charge >= 0.3 is 0 Å². The quantitative estimate of drug-likeness (QED) is 0.285. The normalized spacial score (nSPS) is 13.2. The number of aromatic nitrogens is 1. The van der Waals surface area contributed by atoms with Crippen molar-refractivity contribution in [3.05, 3.63) is 47.0 Å². The SMILES string of the molecule is CCCCCCCCCCN1C(=O)c2c3cc(Cl)ccc3nc3cccc1c23. The summed E-state index contributed by atoms with van der Waals surface area (Å²) in [6, 6.07) is 11.6. The number of benzene rings is 2. The third kappa shape index (κ3) is 3.60. The summed E-state index contributed by atoms with van der Waals surface area (Å²) < 4.78 is 0. The van der Waals surface area contributed by atoms with Crippen molar-refractivity contribution >= 4 is 45.0 Å². The molecule has 0 saturated carbocycles. The Kier molecular flexibility index (Phi) is 5.82. The molecule has 0 spiro atoms. The second kappa shape index (κ2) is 8.48. The minimum absolute atomic E-state index is 0.0869. The number of nitrogens with zero attached hydrogens (tertiary/aromatic N) is 2. The number of pyridine rings is 1. The van der Waals surface area contributed by atoms with Crippen LogP contribution >= 0.6 is 11.6 Å². The highest BCUT2D eigenvalue weighted by atomic mass is 35.5. The minimum atomic E-state index is 0.0869. The van der Waals surface area contributed by atoms with Crippen LogP contribution in [0.3, 0.4) is 0 Å². The number of unbranched alkanes of at least 4 members (excludes halogenated alkanes) is 7. The molecule has 2 aromatic carbocycles. The van der Waals surface area contributed by atoms with E-state index in [1.807, 2.05) is 41.3 Å². The van der Waals surface area contributed by atoms with Crippen molar-refractivity contribution in [3.8, 4) is 0 Å². The fourth-order valence-corrected chi connectivity index (χ4v) is 4.44. The third-order valence-corrected chi connectivity index (χ3v) is 5.96. The number of carbonyl (C=O) groups excluding carboxylic acids is 1. The lowest BCUT2D eigenvalue weighted by Crippen LogP contribution is -2.27. The first kappa shape index (κ1) is 19.2. The molecule has 28 heavy (non-hydrogen) atoms. The van der Waals surface area contributed by atoms with Crippen LogP contribution in [0, 0.1) is 0 Å². The van der Waals surface area contributed by atoms with Gasteiger partial charge in [-0.3, -0.25) is 4.79 Å². The van der Waals surface area contributed by atoms with E-state index in [0.29, 0.717) is 5.02 Å². The van der Waals surface area contributed by atoms with E-state index in [9.17, 15) is 4.79 Å². The Bertz CT molecular complexity index is 1010. The van der Waals surface area contributed by atoms with Crippen LogP contribution in [0.4, 0.5) is 5.69 Å². The minimum Gasteiger partial charge on any atom is -0.308 e. The molecule has 1 aliphatic rings. The van der Waals surface area contributed by atoms with Gasteiger partial charge in [-0.1, -0.05) is 69.5 Å². The predicted octanol–water partition coefficient (Wildman–Crippen LogP) is 7.14. The zero-order valence-corrected chi connectivity index (χ0v) is 17.3. The zero-order chi connectivity index (χ0) is 19.5. The standard InChI is InChI=1S/C24H27ClN2O/c1-2-3-4-5-6-7-8-9-15-27-21-12-10-11-20-23(21)22(24(27)28)18-16-17(25)13-14-19(18)26-20/h10-14,16H,2-9,15H2,1H3. The summed E-state index contributed by atoms with van der Waals surface area (Å²) in [6.45, 7) is 3.02. The number of rotatable bonds is 9. The van der Waals surface area contributed by atoms with Crippen molar-refractivity contribution in [1.29, 1.82) is 0 Å². The summed E-state index contributed by atoms with van der Waals surface area (Å²) in [5.41, 5.74) is 3.47. The van der Waals surface area contributed by atoms with Gasteiger partial charge in [-0.2, -0.15) is 0 Å². The number of anilines is 1. The summed E-state index contributed by atoms with van der Waals surface area (Å²) in [4.78, 5) is 20.0. The lowest BCUT2D eigenvalue weighted by Gasteiger charge is -2.17.